The molecule has 0 spiro atoms. The van der Waals surface area contributed by atoms with Crippen molar-refractivity contribution >= 4 is 96.7 Å². The van der Waals surface area contributed by atoms with Gasteiger partial charge in [-0.15, -0.1) is 0 Å². The Bertz CT molecular complexity index is 2170. The summed E-state index contributed by atoms with van der Waals surface area (Å²) in [5, 5.41) is 21.2. The Kier molecular flexibility index (Phi) is 23.3. The molecule has 1 amide bonds. The van der Waals surface area contributed by atoms with Gasteiger partial charge in [-0.05, 0) is 50.7 Å². The lowest BCUT2D eigenvalue weighted by Crippen LogP contribution is -2.30. The lowest BCUT2D eigenvalue weighted by molar-refractivity contribution is -0.119. The van der Waals surface area contributed by atoms with Gasteiger partial charge in [0.15, 0.2) is 0 Å². The first-order valence-corrected chi connectivity index (χ1v) is 28.7. The molecule has 0 aliphatic carbocycles. The van der Waals surface area contributed by atoms with Crippen molar-refractivity contribution in [3.63, 3.8) is 0 Å². The summed E-state index contributed by atoms with van der Waals surface area (Å²) in [5.74, 6) is 5.69. The highest BCUT2D eigenvalue weighted by Crippen LogP contribution is 2.66. The van der Waals surface area contributed by atoms with Crippen molar-refractivity contribution in [3.8, 4) is 11.8 Å². The maximum atomic E-state index is 13.0. The molecule has 0 saturated carbocycles. The second-order valence-corrected chi connectivity index (χ2v) is 26.0. The Morgan fingerprint density at radius 2 is 1.66 bits per heavy atom. The molecule has 1 aliphatic rings. The molecule has 65 heavy (non-hydrogen) atoms. The van der Waals surface area contributed by atoms with Crippen LogP contribution >= 0.6 is 66.6 Å². The highest BCUT2D eigenvalue weighted by atomic mass is 33.1. The topological polar surface area (TPSA) is 335 Å². The Hall–Kier alpha value is -1.73. The van der Waals surface area contributed by atoms with Gasteiger partial charge in [-0.2, -0.15) is 13.6 Å². The van der Waals surface area contributed by atoms with Crippen LogP contribution in [0.4, 0.5) is 5.82 Å². The maximum absolute atomic E-state index is 13.0. The number of nitrogens with two attached hydrogens (primary N) is 1. The number of hydrogen-bond donors (Lipinski definition) is 8. The number of nitrogens with zero attached hydrogens (tertiary/aromatic N) is 2. The minimum Gasteiger partial charge on any atom is -0.423 e. The number of Topliss-reactive ketones (excluding diaryl/α,β-unsaturated/α-hetero) is 1. The number of nitrogens with one attached hydrogen (secondary N) is 1. The number of ether oxygens (including phenoxy) is 3. The van der Waals surface area contributed by atoms with Gasteiger partial charge in [-0.25, -0.2) is 18.5 Å². The van der Waals surface area contributed by atoms with Crippen LogP contribution in [0.25, 0.3) is 0 Å². The first-order valence-electron chi connectivity index (χ1n) is 19.5. The third kappa shape index (κ3) is 23.0. The van der Waals surface area contributed by atoms with Crippen molar-refractivity contribution in [1.29, 1.82) is 0 Å². The molecule has 9 N–H and O–H groups in total. The number of amides is 1. The summed E-state index contributed by atoms with van der Waals surface area (Å²) in [5.41, 5.74) is 6.02. The lowest BCUT2D eigenvalue weighted by atomic mass is 9.80. The molecule has 5 atom stereocenters. The predicted octanol–water partition coefficient (Wildman–Crippen LogP) is 4.09. The van der Waals surface area contributed by atoms with Gasteiger partial charge in [0.05, 0.1) is 18.3 Å². The molecule has 1 saturated heterocycles. The molecule has 364 valence electrons. The van der Waals surface area contributed by atoms with Gasteiger partial charge in [0, 0.05) is 47.1 Å². The van der Waals surface area contributed by atoms with Crippen LogP contribution in [-0.2, 0) is 45.8 Å². The van der Waals surface area contributed by atoms with E-state index in [2.05, 4.69) is 30.8 Å². The fraction of sp³-hybridized carbons (Fsp3) is 0.600. The number of benzene rings is 1. The van der Waals surface area contributed by atoms with Crippen molar-refractivity contribution in [2.24, 2.45) is 0 Å². The number of unbranched alkanes of at least 4 members (excludes halogenated alkanes) is 1. The normalized spacial score (nSPS) is 18.6. The van der Waals surface area contributed by atoms with E-state index in [9.17, 15) is 47.9 Å². The maximum Gasteiger partial charge on any atom is 0.490 e. The Balaban J connectivity index is 1.46. The Morgan fingerprint density at radius 3 is 2.31 bits per heavy atom. The van der Waals surface area contributed by atoms with E-state index < -0.39 is 61.3 Å². The summed E-state index contributed by atoms with van der Waals surface area (Å²) in [4.78, 5) is 78.7. The van der Waals surface area contributed by atoms with Gasteiger partial charge in [0.25, 0.3) is 5.91 Å². The first kappa shape index (κ1) is 57.6. The zero-order valence-corrected chi connectivity index (χ0v) is 42.0. The molecular formula is C35H54BN4O18P3S4. The van der Waals surface area contributed by atoms with E-state index in [1.165, 1.54) is 62.8 Å². The van der Waals surface area contributed by atoms with Crippen LogP contribution < -0.4 is 22.2 Å². The molecule has 0 radical (unpaired) electrons. The van der Waals surface area contributed by atoms with E-state index in [0.29, 0.717) is 44.2 Å². The predicted molar refractivity (Wildman–Crippen MR) is 250 cm³/mol. The number of carbonyl (C=O) groups is 2. The van der Waals surface area contributed by atoms with Crippen molar-refractivity contribution in [1.82, 2.24) is 14.9 Å². The number of ketones is 1. The SMILES string of the molecule is CC(C)(C)SSCOC1C[C@H](n2cc(C#CCOCSSC(C)(C)CCC(=O)CCCCNC(=O)c3ccc(B(O)O)cc3)c(N)nc2=O)O[C@@H]1COP(=O)(O)OP(=O)(O)OP(=O)(O)O. The van der Waals surface area contributed by atoms with Crippen LogP contribution in [0.15, 0.2) is 35.3 Å². The Labute approximate surface area is 392 Å². The Morgan fingerprint density at radius 1 is 0.985 bits per heavy atom. The molecule has 2 aromatic rings. The molecular weight excluding hydrogens is 996 g/mol. The summed E-state index contributed by atoms with van der Waals surface area (Å²) in [6.45, 7) is 9.61. The first-order chi connectivity index (χ1) is 30.1. The van der Waals surface area contributed by atoms with Crippen LogP contribution in [-0.4, -0.2) is 111 Å². The molecule has 1 fully saturated rings. The summed E-state index contributed by atoms with van der Waals surface area (Å²) < 4.78 is 65.8. The zero-order valence-electron chi connectivity index (χ0n) is 36.0. The third-order valence-corrected chi connectivity index (χ3v) is 18.2. The molecule has 0 bridgehead atoms. The zero-order chi connectivity index (χ0) is 48.6. The summed E-state index contributed by atoms with van der Waals surface area (Å²) in [6.07, 6.45) is 0.858. The summed E-state index contributed by atoms with van der Waals surface area (Å²) in [6, 6.07) is 5.94. The second kappa shape index (κ2) is 26.3. The van der Waals surface area contributed by atoms with Crippen LogP contribution in [0.1, 0.15) is 95.3 Å². The molecule has 30 heteroatoms. The molecule has 1 aliphatic heterocycles. The minimum atomic E-state index is -5.77. The van der Waals surface area contributed by atoms with Crippen molar-refractivity contribution in [3.05, 3.63) is 52.1 Å². The fourth-order valence-electron chi connectivity index (χ4n) is 5.37. The van der Waals surface area contributed by atoms with Gasteiger partial charge in [-0.1, -0.05) is 87.9 Å². The van der Waals surface area contributed by atoms with E-state index in [1.54, 1.807) is 10.8 Å². The molecule has 2 heterocycles. The highest BCUT2D eigenvalue weighted by molar-refractivity contribution is 8.77. The van der Waals surface area contributed by atoms with Gasteiger partial charge in [0.1, 0.15) is 42.4 Å². The van der Waals surface area contributed by atoms with Crippen LogP contribution in [0, 0.1) is 11.8 Å². The second-order valence-electron chi connectivity index (χ2n) is 15.6. The standard InChI is InChI=1S/C35H54BN4O18P3S4/c1-34(2,3)64-63-23-54-28-19-30(56-29(28)21-55-60(49,50)58-61(51,52)57-59(46,47)48)40-20-25(31(37)39-33(40)43)9-8-18-53-22-62-65-35(4,5)16-15-27(41)10-6-7-17-38-32(42)24-11-13-26(14-12-24)36(44)45/h11-14,20,28-30,44-45H,6-7,10,15-19,21-23H2,1-5H3,(H,38,42)(H,49,50)(H,51,52)(H2,37,39,43)(H2,46,47,48)/t28?,29-,30-/m1/s1. The number of carbonyl (C=O) groups excluding carboxylic acids is 2. The number of phosphoric ester groups is 1. The van der Waals surface area contributed by atoms with Crippen LogP contribution in [0.3, 0.4) is 0 Å². The van der Waals surface area contributed by atoms with Gasteiger partial charge in [0.2, 0.25) is 0 Å². The van der Waals surface area contributed by atoms with Gasteiger partial charge >= 0.3 is 36.3 Å². The molecule has 22 nitrogen and oxygen atoms in total. The monoisotopic (exact) mass is 1050 g/mol. The number of aromatic nitrogens is 2. The lowest BCUT2D eigenvalue weighted by Gasteiger charge is -2.22. The van der Waals surface area contributed by atoms with Crippen molar-refractivity contribution in [2.75, 3.05) is 37.4 Å². The number of hydrogen-bond acceptors (Lipinski definition) is 20. The largest absolute Gasteiger partial charge is 0.490 e. The van der Waals surface area contributed by atoms with Gasteiger partial charge in [-0.3, -0.25) is 18.7 Å². The minimum absolute atomic E-state index is 0.00557. The highest BCUT2D eigenvalue weighted by Gasteiger charge is 2.44. The summed E-state index contributed by atoms with van der Waals surface area (Å²) >= 11 is 0. The van der Waals surface area contributed by atoms with E-state index in [-0.39, 0.29) is 62.9 Å². The molecule has 1 aromatic heterocycles. The third-order valence-electron chi connectivity index (χ3n) is 8.39. The average Bonchev–Trinajstić information content (AvgIpc) is 3.59. The van der Waals surface area contributed by atoms with E-state index in [4.69, 9.17) is 34.3 Å². The van der Waals surface area contributed by atoms with Crippen molar-refractivity contribution in [2.45, 2.75) is 101 Å². The number of nitrogen functional groups attached to an aromatic ring is 1. The number of rotatable bonds is 27. The van der Waals surface area contributed by atoms with Crippen molar-refractivity contribution < 1.29 is 80.3 Å². The van der Waals surface area contributed by atoms with Crippen LogP contribution in [0.2, 0.25) is 0 Å². The molecule has 3 unspecified atom stereocenters. The summed E-state index contributed by atoms with van der Waals surface area (Å²) in [7, 11) is -12.6. The number of phosphoric acid groups is 3. The van der Waals surface area contributed by atoms with Gasteiger partial charge < -0.3 is 54.9 Å². The fourth-order valence-corrected chi connectivity index (χ4v) is 12.7. The molecule has 1 aromatic carbocycles. The van der Waals surface area contributed by atoms with E-state index in [0.717, 1.165) is 4.57 Å². The number of anilines is 1. The van der Waals surface area contributed by atoms with Crippen LogP contribution in [0.5, 0.6) is 0 Å². The van der Waals surface area contributed by atoms with E-state index >= 15 is 0 Å². The molecule has 3 rings (SSSR count). The smallest absolute Gasteiger partial charge is 0.423 e. The average molecular weight is 1050 g/mol. The van der Waals surface area contributed by atoms with E-state index in [1.807, 2.05) is 34.6 Å². The quantitative estimate of drug-likeness (QED) is 0.0156.